The summed E-state index contributed by atoms with van der Waals surface area (Å²) < 4.78 is 0. The van der Waals surface area contributed by atoms with Gasteiger partial charge in [-0.3, -0.25) is 14.4 Å². The minimum Gasteiger partial charge on any atom is -0.356 e. The fraction of sp³-hybridized carbons (Fsp3) is 0.458. The van der Waals surface area contributed by atoms with Crippen molar-refractivity contribution >= 4 is 17.7 Å². The van der Waals surface area contributed by atoms with Crippen molar-refractivity contribution in [1.82, 2.24) is 25.9 Å². The molecule has 2 atom stereocenters. The predicted octanol–water partition coefficient (Wildman–Crippen LogP) is 3.38. The summed E-state index contributed by atoms with van der Waals surface area (Å²) in [6.07, 6.45) is 3.34. The summed E-state index contributed by atoms with van der Waals surface area (Å²) in [4.78, 5) is 43.1. The molecule has 0 spiro atoms. The first-order valence-corrected chi connectivity index (χ1v) is 11.2. The van der Waals surface area contributed by atoms with Gasteiger partial charge in [0.2, 0.25) is 11.8 Å². The van der Waals surface area contributed by atoms with E-state index < -0.39 is 17.9 Å². The zero-order valence-electron chi connectivity index (χ0n) is 19.4. The number of H-pyrrole nitrogens is 1. The molecule has 0 unspecified atom stereocenters. The average molecular weight is 461 g/mol. The molecular weight excluding hydrogens is 420 g/mol. The van der Waals surface area contributed by atoms with Crippen LogP contribution in [0.1, 0.15) is 56.4 Å². The molecule has 4 N–H and O–H groups in total. The van der Waals surface area contributed by atoms with E-state index in [1.54, 1.807) is 6.20 Å². The van der Waals surface area contributed by atoms with Crippen LogP contribution in [-0.2, 0) is 9.59 Å². The predicted molar refractivity (Wildman–Crippen MR) is 133 cm³/mol. The van der Waals surface area contributed by atoms with E-state index in [1.165, 1.54) is 0 Å². The summed E-state index contributed by atoms with van der Waals surface area (Å²) in [6.45, 7) is 6.85. The molecule has 0 aliphatic carbocycles. The van der Waals surface area contributed by atoms with E-state index in [1.807, 2.05) is 36.4 Å². The van der Waals surface area contributed by atoms with Crippen LogP contribution in [0.3, 0.4) is 0 Å². The highest BCUT2D eigenvalue weighted by Gasteiger charge is 2.26. The fourth-order valence-corrected chi connectivity index (χ4v) is 3.18. The van der Waals surface area contributed by atoms with Gasteiger partial charge in [-0.25, -0.2) is 4.98 Å². The van der Waals surface area contributed by atoms with Gasteiger partial charge in [-0.2, -0.15) is 5.26 Å². The molecule has 1 saturated heterocycles. The molecule has 1 fully saturated rings. The van der Waals surface area contributed by atoms with Crippen molar-refractivity contribution in [3.8, 4) is 17.3 Å². The van der Waals surface area contributed by atoms with Crippen LogP contribution in [-0.4, -0.2) is 46.8 Å². The summed E-state index contributed by atoms with van der Waals surface area (Å²) in [7, 11) is 0. The lowest BCUT2D eigenvalue weighted by Gasteiger charge is -2.23. The number of carbonyl (C=O) groups is 3. The first-order chi connectivity index (χ1) is 15.8. The molecule has 1 aromatic heterocycles. The quantitative estimate of drug-likeness (QED) is 0.501. The fourth-order valence-electron chi connectivity index (χ4n) is 3.18. The highest BCUT2D eigenvalue weighted by molar-refractivity contribution is 5.94. The van der Waals surface area contributed by atoms with Crippen LogP contribution in [0.15, 0.2) is 36.5 Å². The van der Waals surface area contributed by atoms with Crippen LogP contribution in [0.4, 0.5) is 0 Å². The summed E-state index contributed by atoms with van der Waals surface area (Å²) in [5.74, 6) is -0.486. The number of nitrogens with one attached hydrogen (secondary N) is 4. The third kappa shape index (κ3) is 8.77. The van der Waals surface area contributed by atoms with Crippen LogP contribution in [0.25, 0.3) is 11.3 Å². The summed E-state index contributed by atoms with van der Waals surface area (Å²) in [5.41, 5.74) is 1.58. The molecule has 3 amide bonds. The number of imidazole rings is 1. The highest BCUT2D eigenvalue weighted by atomic mass is 16.2. The monoisotopic (exact) mass is 460 g/mol. The normalized spacial score (nSPS) is 16.0. The Balaban J connectivity index is -0.00000135. The van der Waals surface area contributed by atoms with Gasteiger partial charge < -0.3 is 20.9 Å². The van der Waals surface area contributed by atoms with E-state index in [-0.39, 0.29) is 36.3 Å². The second-order valence-electron chi connectivity index (χ2n) is 8.54. The molecule has 2 aromatic rings. The maximum absolute atomic E-state index is 12.2. The van der Waals surface area contributed by atoms with Crippen molar-refractivity contribution in [2.24, 2.45) is 11.8 Å². The Morgan fingerprint density at radius 1 is 1.27 bits per heavy atom. The van der Waals surface area contributed by atoms with Gasteiger partial charge in [0.15, 0.2) is 5.82 Å². The Kier molecular flexibility index (Phi) is 10.1. The van der Waals surface area contributed by atoms with Crippen LogP contribution in [0.2, 0.25) is 0 Å². The number of hydrogen-bond donors (Lipinski definition) is 4. The third-order valence-corrected chi connectivity index (χ3v) is 4.70. The van der Waals surface area contributed by atoms with Gasteiger partial charge in [-0.15, -0.1) is 0 Å². The zero-order chi connectivity index (χ0) is 24.2. The lowest BCUT2D eigenvalue weighted by atomic mass is 9.92. The number of aromatic nitrogens is 2. The maximum Gasteiger partial charge on any atom is 0.287 e. The van der Waals surface area contributed by atoms with E-state index in [0.29, 0.717) is 18.7 Å². The van der Waals surface area contributed by atoms with E-state index in [4.69, 9.17) is 0 Å². The second-order valence-corrected chi connectivity index (χ2v) is 8.54. The molecule has 0 saturated carbocycles. The van der Waals surface area contributed by atoms with E-state index in [9.17, 15) is 19.6 Å². The van der Waals surface area contributed by atoms with Crippen molar-refractivity contribution in [2.75, 3.05) is 13.1 Å². The Morgan fingerprint density at radius 2 is 1.97 bits per heavy atom. The molecule has 3 rings (SSSR count). The van der Waals surface area contributed by atoms with Gasteiger partial charge in [-0.1, -0.05) is 51.1 Å². The van der Waals surface area contributed by atoms with Crippen molar-refractivity contribution in [3.63, 3.8) is 0 Å². The number of hydrogen-bond acceptors (Lipinski definition) is 5. The van der Waals surface area contributed by atoms with Crippen LogP contribution >= 0.6 is 0 Å². The van der Waals surface area contributed by atoms with Gasteiger partial charge in [0.05, 0.1) is 24.5 Å². The number of nitriles is 1. The standard InChI is InChI=1S/C20H22N6O3.C4H10.4H2/c21-10-15(9-14-7-4-8-22-19(14)28)25-17(27)12-24-20(29)18-23-11-16(26-18)13-5-2-1-3-6-13;1-4(2)3;;;;/h1-3,5-6,11,14-15H,4,7-9,12H2,(H,22,28)(H,23,26)(H,24,29)(H,25,27);4H,1-3H3;4*1H/t14-,15-;;;;;/m0...../s1. The molecule has 9 nitrogen and oxygen atoms in total. The van der Waals surface area contributed by atoms with Crippen molar-refractivity contribution < 1.29 is 20.1 Å². The Bertz CT molecular complexity index is 980. The first-order valence-electron chi connectivity index (χ1n) is 11.2. The molecular formula is C24H40N6O3. The number of carbonyl (C=O) groups excluding carboxylic acids is 3. The number of aromatic amines is 1. The van der Waals surface area contributed by atoms with Crippen LogP contribution < -0.4 is 16.0 Å². The van der Waals surface area contributed by atoms with Gasteiger partial charge in [0.25, 0.3) is 5.91 Å². The molecule has 2 heterocycles. The van der Waals surface area contributed by atoms with E-state index in [0.717, 1.165) is 17.9 Å². The SMILES string of the molecule is CC(C)C.N#C[C@H](C[C@@H]1CCCNC1=O)NC(=O)CNC(=O)c1ncc(-c2ccccc2)[nH]1.[HH].[HH].[HH].[HH]. The molecule has 9 heteroatoms. The smallest absolute Gasteiger partial charge is 0.287 e. The van der Waals surface area contributed by atoms with Gasteiger partial charge in [0, 0.05) is 18.2 Å². The summed E-state index contributed by atoms with van der Waals surface area (Å²) in [6, 6.07) is 10.6. The molecule has 184 valence electrons. The van der Waals surface area contributed by atoms with Crippen molar-refractivity contribution in [2.45, 2.75) is 46.1 Å². The van der Waals surface area contributed by atoms with E-state index in [2.05, 4.69) is 46.7 Å². The molecule has 33 heavy (non-hydrogen) atoms. The lowest BCUT2D eigenvalue weighted by Crippen LogP contribution is -2.44. The molecule has 1 aliphatic heterocycles. The minimum absolute atomic E-state index is 0. The largest absolute Gasteiger partial charge is 0.356 e. The topological polar surface area (TPSA) is 140 Å². The number of nitrogens with zero attached hydrogens (tertiary/aromatic N) is 2. The summed E-state index contributed by atoms with van der Waals surface area (Å²) in [5, 5.41) is 17.0. The number of rotatable bonds is 7. The second kappa shape index (κ2) is 13.0. The number of benzene rings is 1. The van der Waals surface area contributed by atoms with E-state index >= 15 is 0 Å². The first kappa shape index (κ1) is 25.6. The maximum atomic E-state index is 12.2. The van der Waals surface area contributed by atoms with Gasteiger partial charge in [0.1, 0.15) is 6.04 Å². The summed E-state index contributed by atoms with van der Waals surface area (Å²) >= 11 is 0. The Morgan fingerprint density at radius 3 is 2.61 bits per heavy atom. The zero-order valence-corrected chi connectivity index (χ0v) is 19.4. The minimum atomic E-state index is -0.790. The number of piperidine rings is 1. The molecule has 0 bridgehead atoms. The lowest BCUT2D eigenvalue weighted by molar-refractivity contribution is -0.127. The highest BCUT2D eigenvalue weighted by Crippen LogP contribution is 2.17. The Labute approximate surface area is 200 Å². The molecule has 1 aliphatic rings. The molecule has 1 aromatic carbocycles. The third-order valence-electron chi connectivity index (χ3n) is 4.70. The number of amides is 3. The van der Waals surface area contributed by atoms with Gasteiger partial charge >= 0.3 is 0 Å². The van der Waals surface area contributed by atoms with Crippen LogP contribution in [0.5, 0.6) is 0 Å². The van der Waals surface area contributed by atoms with Gasteiger partial charge in [-0.05, 0) is 30.7 Å². The Hall–Kier alpha value is -3.67. The van der Waals surface area contributed by atoms with Crippen molar-refractivity contribution in [3.05, 3.63) is 42.4 Å². The van der Waals surface area contributed by atoms with Crippen molar-refractivity contribution in [1.29, 1.82) is 5.26 Å². The van der Waals surface area contributed by atoms with Crippen LogP contribution in [0, 0.1) is 23.2 Å². The molecule has 0 radical (unpaired) electrons. The average Bonchev–Trinajstić information content (AvgIpc) is 3.29.